The highest BCUT2D eigenvalue weighted by Gasteiger charge is 2.46. The normalized spacial score (nSPS) is 17.2. The van der Waals surface area contributed by atoms with E-state index >= 15 is 0 Å². The number of rotatable bonds is 5. The Morgan fingerprint density at radius 3 is 1.76 bits per heavy atom. The molecular formula is C31H32N5O2. The van der Waals surface area contributed by atoms with Gasteiger partial charge in [0, 0.05) is 35.1 Å². The molecule has 0 saturated carbocycles. The quantitative estimate of drug-likeness (QED) is 0.360. The number of aromatic nitrogens is 3. The molecule has 0 spiro atoms. The molecule has 7 heteroatoms. The minimum atomic E-state index is -0.540. The first-order chi connectivity index (χ1) is 18.1. The van der Waals surface area contributed by atoms with Gasteiger partial charge in [-0.3, -0.25) is 14.8 Å². The number of nitrogens with zero attached hydrogens (tertiary/aromatic N) is 4. The maximum atomic E-state index is 13.1. The summed E-state index contributed by atoms with van der Waals surface area (Å²) >= 11 is 0. The summed E-state index contributed by atoms with van der Waals surface area (Å²) < 4.78 is 0. The zero-order valence-corrected chi connectivity index (χ0v) is 22.2. The Morgan fingerprint density at radius 1 is 0.763 bits per heavy atom. The van der Waals surface area contributed by atoms with Crippen LogP contribution in [0.4, 0.5) is 0 Å². The molecule has 1 saturated heterocycles. The molecule has 1 fully saturated rings. The molecule has 4 aromatic rings. The molecule has 0 unspecified atom stereocenters. The third-order valence-electron chi connectivity index (χ3n) is 7.09. The van der Waals surface area contributed by atoms with Crippen molar-refractivity contribution in [3.8, 4) is 33.9 Å². The number of hydroxylamine groups is 2. The summed E-state index contributed by atoms with van der Waals surface area (Å²) in [5, 5.41) is 17.0. The fraction of sp³-hybridized carbons (Fsp3) is 0.290. The van der Waals surface area contributed by atoms with Crippen LogP contribution in [0.3, 0.4) is 0 Å². The minimum Gasteiger partial charge on any atom is -0.349 e. The highest BCUT2D eigenvalue weighted by molar-refractivity contribution is 5.95. The topological polar surface area (TPSA) is 90.9 Å². The van der Waals surface area contributed by atoms with Crippen LogP contribution in [-0.2, 0) is 5.21 Å². The van der Waals surface area contributed by atoms with Crippen LogP contribution in [-0.4, -0.2) is 43.0 Å². The second-order valence-electron chi connectivity index (χ2n) is 11.1. The monoisotopic (exact) mass is 506 g/mol. The molecule has 1 aliphatic rings. The van der Waals surface area contributed by atoms with Crippen molar-refractivity contribution in [1.29, 1.82) is 0 Å². The number of carbonyl (C=O) groups excluding carboxylic acids is 1. The van der Waals surface area contributed by atoms with Crippen LogP contribution < -0.4 is 5.32 Å². The predicted molar refractivity (Wildman–Crippen MR) is 147 cm³/mol. The van der Waals surface area contributed by atoms with Gasteiger partial charge >= 0.3 is 0 Å². The van der Waals surface area contributed by atoms with Gasteiger partial charge in [-0.05, 0) is 100 Å². The first kappa shape index (κ1) is 25.7. The van der Waals surface area contributed by atoms with Gasteiger partial charge in [0.15, 0.2) is 0 Å². The molecule has 1 N–H and O–H groups in total. The molecule has 1 aromatic carbocycles. The summed E-state index contributed by atoms with van der Waals surface area (Å²) in [7, 11) is 0. The maximum absolute atomic E-state index is 13.1. The van der Waals surface area contributed by atoms with E-state index in [4.69, 9.17) is 4.98 Å². The Morgan fingerprint density at radius 2 is 1.29 bits per heavy atom. The number of benzene rings is 1. The van der Waals surface area contributed by atoms with E-state index in [1.54, 1.807) is 12.4 Å². The van der Waals surface area contributed by atoms with Gasteiger partial charge in [0.25, 0.3) is 5.91 Å². The summed E-state index contributed by atoms with van der Waals surface area (Å²) in [6.07, 6.45) is 4.71. The van der Waals surface area contributed by atoms with E-state index in [-0.39, 0.29) is 11.9 Å². The number of hydrogen-bond acceptors (Lipinski definition) is 5. The van der Waals surface area contributed by atoms with E-state index in [0.29, 0.717) is 18.4 Å². The van der Waals surface area contributed by atoms with E-state index in [1.807, 2.05) is 100 Å². The molecule has 3 aromatic heterocycles. The van der Waals surface area contributed by atoms with Gasteiger partial charge in [0.1, 0.15) is 0 Å². The Hall–Kier alpha value is -3.94. The van der Waals surface area contributed by atoms with Crippen LogP contribution in [0.1, 0.15) is 50.9 Å². The molecular weight excluding hydrogens is 474 g/mol. The second-order valence-corrected chi connectivity index (χ2v) is 11.1. The molecule has 1 amide bonds. The molecule has 4 heterocycles. The highest BCUT2D eigenvalue weighted by atomic mass is 16.5. The van der Waals surface area contributed by atoms with E-state index < -0.39 is 11.1 Å². The fourth-order valence-corrected chi connectivity index (χ4v) is 5.44. The van der Waals surface area contributed by atoms with Crippen LogP contribution in [0, 0.1) is 0 Å². The third kappa shape index (κ3) is 5.35. The van der Waals surface area contributed by atoms with Gasteiger partial charge in [0.2, 0.25) is 0 Å². The van der Waals surface area contributed by atoms with Gasteiger partial charge in [0.05, 0.1) is 22.8 Å². The average molecular weight is 507 g/mol. The summed E-state index contributed by atoms with van der Waals surface area (Å²) in [5.41, 5.74) is 4.47. The molecule has 38 heavy (non-hydrogen) atoms. The van der Waals surface area contributed by atoms with Crippen molar-refractivity contribution < 1.29 is 10.0 Å². The van der Waals surface area contributed by atoms with Crippen LogP contribution in [0.5, 0.6) is 0 Å². The lowest BCUT2D eigenvalue weighted by Gasteiger charge is -2.50. The van der Waals surface area contributed by atoms with Gasteiger partial charge in [-0.15, -0.1) is 10.3 Å². The van der Waals surface area contributed by atoms with Gasteiger partial charge in [-0.25, -0.2) is 4.98 Å². The Balaban J connectivity index is 1.41. The van der Waals surface area contributed by atoms with Gasteiger partial charge < -0.3 is 5.32 Å². The number of piperidine rings is 1. The van der Waals surface area contributed by atoms with Crippen molar-refractivity contribution in [2.24, 2.45) is 0 Å². The second kappa shape index (κ2) is 10.1. The first-order valence-electron chi connectivity index (χ1n) is 12.9. The Bertz CT molecular complexity index is 1340. The van der Waals surface area contributed by atoms with E-state index in [1.165, 1.54) is 5.06 Å². The lowest BCUT2D eigenvalue weighted by atomic mass is 9.79. The smallest absolute Gasteiger partial charge is 0.251 e. The summed E-state index contributed by atoms with van der Waals surface area (Å²) in [5.74, 6) is -0.134. The van der Waals surface area contributed by atoms with Gasteiger partial charge in [-0.2, -0.15) is 0 Å². The van der Waals surface area contributed by atoms with Crippen molar-refractivity contribution in [1.82, 2.24) is 25.3 Å². The van der Waals surface area contributed by atoms with Gasteiger partial charge in [-0.1, -0.05) is 24.3 Å². The molecule has 1 aliphatic heterocycles. The predicted octanol–water partition coefficient (Wildman–Crippen LogP) is 5.97. The fourth-order valence-electron chi connectivity index (χ4n) is 5.44. The molecule has 1 radical (unpaired) electrons. The molecule has 0 aliphatic carbocycles. The Kier molecular flexibility index (Phi) is 6.82. The molecule has 193 valence electrons. The molecule has 7 nitrogen and oxygen atoms in total. The average Bonchev–Trinajstić information content (AvgIpc) is 2.92. The van der Waals surface area contributed by atoms with Crippen molar-refractivity contribution in [2.75, 3.05) is 0 Å². The van der Waals surface area contributed by atoms with Crippen molar-refractivity contribution in [3.63, 3.8) is 0 Å². The lowest BCUT2D eigenvalue weighted by Crippen LogP contribution is -2.62. The van der Waals surface area contributed by atoms with Crippen LogP contribution in [0.2, 0.25) is 0 Å². The van der Waals surface area contributed by atoms with Crippen molar-refractivity contribution in [3.05, 3.63) is 90.8 Å². The zero-order chi connectivity index (χ0) is 26.9. The molecule has 0 atom stereocenters. The molecule has 5 rings (SSSR count). The lowest BCUT2D eigenvalue weighted by molar-refractivity contribution is -0.289. The van der Waals surface area contributed by atoms with E-state index in [0.717, 1.165) is 33.9 Å². The standard InChI is InChI=1S/C31H32N5O2/c1-30(2)19-24(20-31(3,4)36(30)38)34-29(37)22-13-11-21(12-14-22)23-17-27(25-9-5-7-15-32-25)35-28(18-23)26-10-6-8-16-33-26/h5-18,24H,19-20H2,1-4H3,(H,34,37). The summed E-state index contributed by atoms with van der Waals surface area (Å²) in [6.45, 7) is 7.73. The Labute approximate surface area is 223 Å². The molecule has 0 bridgehead atoms. The number of amides is 1. The zero-order valence-electron chi connectivity index (χ0n) is 22.2. The summed E-state index contributed by atoms with van der Waals surface area (Å²) in [4.78, 5) is 26.9. The number of pyridine rings is 3. The van der Waals surface area contributed by atoms with E-state index in [2.05, 4.69) is 15.3 Å². The number of hydrogen-bond donors (Lipinski definition) is 1. The largest absolute Gasteiger partial charge is 0.349 e. The van der Waals surface area contributed by atoms with E-state index in [9.17, 15) is 10.0 Å². The number of carbonyl (C=O) groups is 1. The third-order valence-corrected chi connectivity index (χ3v) is 7.09. The van der Waals surface area contributed by atoms with Crippen LogP contribution in [0.25, 0.3) is 33.9 Å². The maximum Gasteiger partial charge on any atom is 0.251 e. The minimum absolute atomic E-state index is 0.0700. The van der Waals surface area contributed by atoms with Crippen LogP contribution >= 0.6 is 0 Å². The van der Waals surface area contributed by atoms with Crippen LogP contribution in [0.15, 0.2) is 85.2 Å². The first-order valence-corrected chi connectivity index (χ1v) is 12.9. The van der Waals surface area contributed by atoms with Crippen molar-refractivity contribution >= 4 is 5.91 Å². The highest BCUT2D eigenvalue weighted by Crippen LogP contribution is 2.37. The number of nitrogens with one attached hydrogen (secondary N) is 1. The van der Waals surface area contributed by atoms with Crippen molar-refractivity contribution in [2.45, 2.75) is 57.7 Å². The summed E-state index contributed by atoms with van der Waals surface area (Å²) in [6, 6.07) is 23.0. The SMILES string of the molecule is CC1(C)CC(NC(=O)c2ccc(-c3cc(-c4ccccn4)nc(-c4ccccn4)c3)cc2)CC(C)(C)N1[O].